The van der Waals surface area contributed by atoms with E-state index in [-0.39, 0.29) is 0 Å². The van der Waals surface area contributed by atoms with Gasteiger partial charge in [0.2, 0.25) is 10.0 Å². The molecule has 0 fully saturated rings. The van der Waals surface area contributed by atoms with Crippen molar-refractivity contribution in [3.8, 4) is 0 Å². The Morgan fingerprint density at radius 1 is 1.21 bits per heavy atom. The highest BCUT2D eigenvalue weighted by Gasteiger charge is 2.22. The van der Waals surface area contributed by atoms with Crippen molar-refractivity contribution in [1.82, 2.24) is 4.31 Å². The van der Waals surface area contributed by atoms with Crippen molar-refractivity contribution in [1.29, 1.82) is 0 Å². The second kappa shape index (κ2) is 7.26. The lowest BCUT2D eigenvalue weighted by Gasteiger charge is -2.26. The molecular formula is C13H21BrN2O2S. The minimum Gasteiger partial charge on any atom is -0.371 e. The second-order valence-electron chi connectivity index (χ2n) is 4.38. The standard InChI is InChI=1S/C13H21BrN2O2S/c1-4-16(11-7-10-14)12-8-5-6-9-13(12)19(17,18)15(2)3/h5-6,8-9H,4,7,10-11H2,1-3H3. The largest absolute Gasteiger partial charge is 0.371 e. The molecule has 0 aliphatic heterocycles. The van der Waals surface area contributed by atoms with Crippen molar-refractivity contribution in [2.45, 2.75) is 18.2 Å². The van der Waals surface area contributed by atoms with E-state index in [9.17, 15) is 8.42 Å². The topological polar surface area (TPSA) is 40.6 Å². The van der Waals surface area contributed by atoms with Gasteiger partial charge in [0, 0.05) is 32.5 Å². The number of alkyl halides is 1. The van der Waals surface area contributed by atoms with Crippen LogP contribution in [0.15, 0.2) is 29.2 Å². The fourth-order valence-electron chi connectivity index (χ4n) is 1.83. The maximum atomic E-state index is 12.3. The van der Waals surface area contributed by atoms with Gasteiger partial charge in [-0.05, 0) is 25.5 Å². The Hall–Kier alpha value is -0.590. The third kappa shape index (κ3) is 3.94. The molecule has 0 heterocycles. The quantitative estimate of drug-likeness (QED) is 0.711. The molecule has 0 atom stereocenters. The lowest BCUT2D eigenvalue weighted by atomic mass is 10.2. The van der Waals surface area contributed by atoms with Gasteiger partial charge in [0.25, 0.3) is 0 Å². The third-order valence-electron chi connectivity index (χ3n) is 2.91. The van der Waals surface area contributed by atoms with Gasteiger partial charge in [-0.1, -0.05) is 28.1 Å². The van der Waals surface area contributed by atoms with E-state index in [1.54, 1.807) is 26.2 Å². The predicted molar refractivity (Wildman–Crippen MR) is 83.6 cm³/mol. The van der Waals surface area contributed by atoms with E-state index in [0.29, 0.717) is 4.90 Å². The summed E-state index contributed by atoms with van der Waals surface area (Å²) in [7, 11) is -0.295. The first-order chi connectivity index (χ1) is 8.95. The number of para-hydroxylation sites is 1. The first-order valence-electron chi connectivity index (χ1n) is 6.27. The van der Waals surface area contributed by atoms with Crippen LogP contribution in [0.5, 0.6) is 0 Å². The number of anilines is 1. The van der Waals surface area contributed by atoms with Gasteiger partial charge in [0.05, 0.1) is 5.69 Å². The average Bonchev–Trinajstić information content (AvgIpc) is 2.40. The Bertz CT molecular complexity index is 503. The van der Waals surface area contributed by atoms with Gasteiger partial charge < -0.3 is 4.90 Å². The van der Waals surface area contributed by atoms with Gasteiger partial charge in [-0.3, -0.25) is 0 Å². The van der Waals surface area contributed by atoms with E-state index in [1.165, 1.54) is 4.31 Å². The fourth-order valence-corrected chi connectivity index (χ4v) is 3.19. The summed E-state index contributed by atoms with van der Waals surface area (Å²) >= 11 is 3.41. The van der Waals surface area contributed by atoms with Crippen LogP contribution >= 0.6 is 15.9 Å². The van der Waals surface area contributed by atoms with Crippen molar-refractivity contribution in [3.05, 3.63) is 24.3 Å². The normalized spacial score (nSPS) is 11.8. The maximum absolute atomic E-state index is 12.3. The Morgan fingerprint density at radius 3 is 2.37 bits per heavy atom. The highest BCUT2D eigenvalue weighted by molar-refractivity contribution is 9.09. The van der Waals surface area contributed by atoms with Gasteiger partial charge in [-0.25, -0.2) is 12.7 Å². The minimum absolute atomic E-state index is 0.372. The molecule has 19 heavy (non-hydrogen) atoms. The zero-order valence-corrected chi connectivity index (χ0v) is 14.0. The number of nitrogens with zero attached hydrogens (tertiary/aromatic N) is 2. The van der Waals surface area contributed by atoms with Crippen LogP contribution in [0.2, 0.25) is 0 Å². The van der Waals surface area contributed by atoms with Crippen LogP contribution in [0, 0.1) is 0 Å². The molecule has 0 radical (unpaired) electrons. The van der Waals surface area contributed by atoms with E-state index in [0.717, 1.165) is 30.5 Å². The molecule has 1 aromatic rings. The summed E-state index contributed by atoms with van der Waals surface area (Å²) in [6.07, 6.45) is 0.976. The summed E-state index contributed by atoms with van der Waals surface area (Å²) in [5.41, 5.74) is 0.777. The molecule has 0 aliphatic rings. The molecule has 6 heteroatoms. The Morgan fingerprint density at radius 2 is 1.84 bits per heavy atom. The molecule has 108 valence electrons. The van der Waals surface area contributed by atoms with Crippen molar-refractivity contribution < 1.29 is 8.42 Å². The van der Waals surface area contributed by atoms with Crippen molar-refractivity contribution >= 4 is 31.6 Å². The van der Waals surface area contributed by atoms with Crippen molar-refractivity contribution in [2.24, 2.45) is 0 Å². The fraction of sp³-hybridized carbons (Fsp3) is 0.538. The summed E-state index contributed by atoms with van der Waals surface area (Å²) < 4.78 is 25.9. The molecule has 1 aromatic carbocycles. The first-order valence-corrected chi connectivity index (χ1v) is 8.83. The number of benzene rings is 1. The molecular weight excluding hydrogens is 328 g/mol. The Kier molecular flexibility index (Phi) is 6.29. The van der Waals surface area contributed by atoms with Crippen LogP contribution in [0.25, 0.3) is 0 Å². The first kappa shape index (κ1) is 16.5. The van der Waals surface area contributed by atoms with E-state index in [1.807, 2.05) is 19.1 Å². The summed E-state index contributed by atoms with van der Waals surface area (Å²) in [6.45, 7) is 3.65. The molecule has 0 saturated heterocycles. The predicted octanol–water partition coefficient (Wildman–Crippen LogP) is 2.55. The van der Waals surface area contributed by atoms with Crippen molar-refractivity contribution in [2.75, 3.05) is 37.4 Å². The van der Waals surface area contributed by atoms with Crippen LogP contribution in [-0.4, -0.2) is 45.2 Å². The third-order valence-corrected chi connectivity index (χ3v) is 5.33. The lowest BCUT2D eigenvalue weighted by Crippen LogP contribution is -2.29. The summed E-state index contributed by atoms with van der Waals surface area (Å²) in [5.74, 6) is 0. The summed E-state index contributed by atoms with van der Waals surface area (Å²) in [4.78, 5) is 2.47. The minimum atomic E-state index is -3.41. The smallest absolute Gasteiger partial charge is 0.244 e. The molecule has 4 nitrogen and oxygen atoms in total. The maximum Gasteiger partial charge on any atom is 0.244 e. The zero-order valence-electron chi connectivity index (χ0n) is 11.6. The SMILES string of the molecule is CCN(CCCBr)c1ccccc1S(=O)(=O)N(C)C. The molecule has 0 saturated carbocycles. The van der Waals surface area contributed by atoms with Gasteiger partial charge in [0.1, 0.15) is 4.90 Å². The number of rotatable bonds is 7. The highest BCUT2D eigenvalue weighted by atomic mass is 79.9. The monoisotopic (exact) mass is 348 g/mol. The van der Waals surface area contributed by atoms with Gasteiger partial charge in [-0.2, -0.15) is 0 Å². The molecule has 0 unspecified atom stereocenters. The molecule has 0 aliphatic carbocycles. The summed E-state index contributed by atoms with van der Waals surface area (Å²) in [5, 5.41) is 0.909. The van der Waals surface area contributed by atoms with E-state index in [2.05, 4.69) is 20.8 Å². The Balaban J connectivity index is 3.21. The van der Waals surface area contributed by atoms with Crippen LogP contribution in [-0.2, 0) is 10.0 Å². The number of halogens is 1. The molecule has 0 N–H and O–H groups in total. The second-order valence-corrected chi connectivity index (χ2v) is 7.29. The van der Waals surface area contributed by atoms with E-state index < -0.39 is 10.0 Å². The molecule has 0 bridgehead atoms. The molecule has 0 aromatic heterocycles. The van der Waals surface area contributed by atoms with Gasteiger partial charge in [0.15, 0.2) is 0 Å². The number of sulfonamides is 1. The Labute approximate surface area is 124 Å². The highest BCUT2D eigenvalue weighted by Crippen LogP contribution is 2.26. The average molecular weight is 349 g/mol. The van der Waals surface area contributed by atoms with Crippen LogP contribution < -0.4 is 4.90 Å². The number of hydrogen-bond donors (Lipinski definition) is 0. The van der Waals surface area contributed by atoms with Gasteiger partial charge >= 0.3 is 0 Å². The number of hydrogen-bond acceptors (Lipinski definition) is 3. The van der Waals surface area contributed by atoms with Crippen LogP contribution in [0.4, 0.5) is 5.69 Å². The molecule has 0 amide bonds. The molecule has 1 rings (SSSR count). The summed E-state index contributed by atoms with van der Waals surface area (Å²) in [6, 6.07) is 7.18. The zero-order chi connectivity index (χ0) is 14.5. The van der Waals surface area contributed by atoms with Gasteiger partial charge in [-0.15, -0.1) is 0 Å². The molecule has 0 spiro atoms. The van der Waals surface area contributed by atoms with Crippen LogP contribution in [0.3, 0.4) is 0 Å². The van der Waals surface area contributed by atoms with Crippen molar-refractivity contribution in [3.63, 3.8) is 0 Å². The van der Waals surface area contributed by atoms with Crippen LogP contribution in [0.1, 0.15) is 13.3 Å². The lowest BCUT2D eigenvalue weighted by molar-refractivity contribution is 0.520. The van der Waals surface area contributed by atoms with E-state index in [4.69, 9.17) is 0 Å². The van der Waals surface area contributed by atoms with E-state index >= 15 is 0 Å².